The van der Waals surface area contributed by atoms with Gasteiger partial charge in [0.15, 0.2) is 5.78 Å². The fourth-order valence-corrected chi connectivity index (χ4v) is 5.20. The first kappa shape index (κ1) is 26.5. The predicted molar refractivity (Wildman–Crippen MR) is 143 cm³/mol. The Bertz CT molecular complexity index is 1490. The van der Waals surface area contributed by atoms with Crippen LogP contribution in [0.5, 0.6) is 0 Å². The molecule has 35 heavy (non-hydrogen) atoms. The fraction of sp³-hybridized carbons (Fsp3) is 0.179. The van der Waals surface area contributed by atoms with Gasteiger partial charge in [0.05, 0.1) is 13.8 Å². The van der Waals surface area contributed by atoms with Gasteiger partial charge in [-0.2, -0.15) is 24.3 Å². The van der Waals surface area contributed by atoms with Crippen molar-refractivity contribution in [3.63, 3.8) is 0 Å². The second-order valence-electron chi connectivity index (χ2n) is 9.36. The zero-order valence-electron chi connectivity index (χ0n) is 20.5. The molecule has 0 unspecified atom stereocenters. The van der Waals surface area contributed by atoms with Crippen LogP contribution in [-0.4, -0.2) is 33.5 Å². The minimum absolute atomic E-state index is 0. The van der Waals surface area contributed by atoms with Crippen molar-refractivity contribution in [2.24, 2.45) is 0 Å². The van der Waals surface area contributed by atoms with Crippen LogP contribution in [0.25, 0.3) is 38.5 Å². The van der Waals surface area contributed by atoms with Gasteiger partial charge in [-0.1, -0.05) is 54.6 Å². The molecular formula is C28H28IrN3O2Si-. The standard InChI is InChI=1S/C23H20N3Si.C5H8O2.Ir/c1-27(2,3)17-10-11-18-16(15-17)12-14-25-22(18)26-21-9-5-4-7-19(21)20-8-6-13-24-23(20)26;1-4(6)3-5(2)7;/h4-8,10-15H,1-3H3;3,6H,1-2H3;/q-1;;/b;4-3-;. The van der Waals surface area contributed by atoms with E-state index in [-0.39, 0.29) is 31.6 Å². The summed E-state index contributed by atoms with van der Waals surface area (Å²) in [7, 11) is -1.37. The van der Waals surface area contributed by atoms with Crippen molar-refractivity contribution in [2.75, 3.05) is 0 Å². The molecule has 0 spiro atoms. The van der Waals surface area contributed by atoms with Gasteiger partial charge < -0.3 is 9.67 Å². The summed E-state index contributed by atoms with van der Waals surface area (Å²) in [5, 5.41) is 14.5. The Morgan fingerprint density at radius 3 is 2.37 bits per heavy atom. The number of benzene rings is 2. The SMILES string of the molecule is CC(=O)/C=C(/C)O.C[Si](C)(C)c1ccc2c(-n3c4[c-]cccc4c4cccnc43)nccc2c1.[Ir]. The number of aliphatic hydroxyl groups excluding tert-OH is 1. The summed E-state index contributed by atoms with van der Waals surface area (Å²) in [5.74, 6) is 0.850. The van der Waals surface area contributed by atoms with E-state index in [9.17, 15) is 4.79 Å². The fourth-order valence-electron chi connectivity index (χ4n) is 4.03. The van der Waals surface area contributed by atoms with E-state index in [0.717, 1.165) is 33.1 Å². The number of para-hydroxylation sites is 1. The number of allylic oxidation sites excluding steroid dienone is 2. The van der Waals surface area contributed by atoms with E-state index in [1.165, 1.54) is 30.5 Å². The van der Waals surface area contributed by atoms with Crippen molar-refractivity contribution < 1.29 is 30.0 Å². The van der Waals surface area contributed by atoms with Gasteiger partial charge in [0, 0.05) is 44.0 Å². The molecule has 0 aliphatic rings. The van der Waals surface area contributed by atoms with Gasteiger partial charge in [0.2, 0.25) is 0 Å². The van der Waals surface area contributed by atoms with Crippen LogP contribution in [-0.2, 0) is 24.9 Å². The topological polar surface area (TPSA) is 68.0 Å². The third-order valence-electron chi connectivity index (χ3n) is 5.58. The molecule has 0 aliphatic carbocycles. The smallest absolute Gasteiger partial charge is 0.155 e. The van der Waals surface area contributed by atoms with E-state index in [1.807, 2.05) is 30.6 Å². The molecule has 0 saturated heterocycles. The molecule has 0 fully saturated rings. The van der Waals surface area contributed by atoms with Crippen molar-refractivity contribution >= 4 is 51.8 Å². The van der Waals surface area contributed by atoms with Crippen molar-refractivity contribution in [3.8, 4) is 5.82 Å². The van der Waals surface area contributed by atoms with Crippen molar-refractivity contribution in [2.45, 2.75) is 33.5 Å². The van der Waals surface area contributed by atoms with Crippen LogP contribution in [0.15, 0.2) is 78.8 Å². The Kier molecular flexibility index (Phi) is 8.06. The molecule has 0 aliphatic heterocycles. The second-order valence-corrected chi connectivity index (χ2v) is 14.4. The third kappa shape index (κ3) is 5.59. The molecule has 0 saturated carbocycles. The minimum atomic E-state index is -1.37. The van der Waals surface area contributed by atoms with Crippen LogP contribution in [0.4, 0.5) is 0 Å². The molecule has 5 rings (SSSR count). The van der Waals surface area contributed by atoms with E-state index >= 15 is 0 Å². The minimum Gasteiger partial charge on any atom is -0.512 e. The summed E-state index contributed by atoms with van der Waals surface area (Å²) in [6.45, 7) is 9.98. The Morgan fingerprint density at radius 2 is 1.71 bits per heavy atom. The van der Waals surface area contributed by atoms with E-state index in [0.29, 0.717) is 0 Å². The summed E-state index contributed by atoms with van der Waals surface area (Å²) in [5.41, 5.74) is 1.93. The quantitative estimate of drug-likeness (QED) is 0.110. The molecule has 181 valence electrons. The van der Waals surface area contributed by atoms with E-state index in [2.05, 4.69) is 71.7 Å². The maximum atomic E-state index is 10.0. The number of aliphatic hydroxyl groups is 1. The molecule has 3 heterocycles. The summed E-state index contributed by atoms with van der Waals surface area (Å²) >= 11 is 0. The number of pyridine rings is 2. The number of rotatable bonds is 3. The Labute approximate surface area is 219 Å². The van der Waals surface area contributed by atoms with E-state index < -0.39 is 8.07 Å². The van der Waals surface area contributed by atoms with Gasteiger partial charge in [-0.05, 0) is 36.8 Å². The molecule has 7 heteroatoms. The van der Waals surface area contributed by atoms with Crippen molar-refractivity contribution in [1.29, 1.82) is 0 Å². The van der Waals surface area contributed by atoms with Crippen molar-refractivity contribution in [1.82, 2.24) is 14.5 Å². The monoisotopic (exact) mass is 659 g/mol. The first-order chi connectivity index (χ1) is 16.2. The molecule has 0 amide bonds. The number of carbonyl (C=O) groups excluding carboxylic acids is 1. The third-order valence-corrected chi connectivity index (χ3v) is 7.62. The first-order valence-corrected chi connectivity index (χ1v) is 14.7. The molecule has 1 N–H and O–H groups in total. The molecule has 5 nitrogen and oxygen atoms in total. The maximum absolute atomic E-state index is 10.0. The van der Waals surface area contributed by atoms with Gasteiger partial charge in [-0.25, -0.2) is 9.97 Å². The van der Waals surface area contributed by atoms with Gasteiger partial charge in [-0.3, -0.25) is 4.79 Å². The summed E-state index contributed by atoms with van der Waals surface area (Å²) in [4.78, 5) is 19.4. The summed E-state index contributed by atoms with van der Waals surface area (Å²) in [6.07, 6.45) is 4.90. The molecule has 0 bridgehead atoms. The second kappa shape index (κ2) is 10.6. The molecule has 1 radical (unpaired) electrons. The number of hydrogen-bond acceptors (Lipinski definition) is 4. The zero-order valence-corrected chi connectivity index (χ0v) is 23.9. The maximum Gasteiger partial charge on any atom is 0.155 e. The summed E-state index contributed by atoms with van der Waals surface area (Å²) in [6, 6.07) is 22.5. The predicted octanol–water partition coefficient (Wildman–Crippen LogP) is 6.11. The molecule has 5 aromatic rings. The van der Waals surface area contributed by atoms with E-state index in [1.54, 1.807) is 0 Å². The number of aromatic nitrogens is 3. The van der Waals surface area contributed by atoms with Crippen LogP contribution < -0.4 is 5.19 Å². The Balaban J connectivity index is 0.000000378. The van der Waals surface area contributed by atoms with Crippen LogP contribution in [0.2, 0.25) is 19.6 Å². The molecule has 2 aromatic carbocycles. The number of carbonyl (C=O) groups is 1. The largest absolute Gasteiger partial charge is 0.512 e. The van der Waals surface area contributed by atoms with Crippen molar-refractivity contribution in [3.05, 3.63) is 84.9 Å². The van der Waals surface area contributed by atoms with Gasteiger partial charge in [0.1, 0.15) is 11.5 Å². The van der Waals surface area contributed by atoms with E-state index in [4.69, 9.17) is 10.1 Å². The molecule has 0 atom stereocenters. The summed E-state index contributed by atoms with van der Waals surface area (Å²) < 4.78 is 2.14. The van der Waals surface area contributed by atoms with Gasteiger partial charge in [0.25, 0.3) is 0 Å². The van der Waals surface area contributed by atoms with Crippen LogP contribution in [0.3, 0.4) is 0 Å². The number of ketones is 1. The van der Waals surface area contributed by atoms with Gasteiger partial charge >= 0.3 is 0 Å². The zero-order chi connectivity index (χ0) is 24.5. The van der Waals surface area contributed by atoms with Crippen LogP contribution in [0.1, 0.15) is 13.8 Å². The van der Waals surface area contributed by atoms with Crippen LogP contribution in [0, 0.1) is 6.07 Å². The average Bonchev–Trinajstić information content (AvgIpc) is 3.11. The Morgan fingerprint density at radius 1 is 0.971 bits per heavy atom. The normalized spacial score (nSPS) is 11.7. The number of fused-ring (bicyclic) bond motifs is 4. The molecular weight excluding hydrogens is 631 g/mol. The first-order valence-electron chi connectivity index (χ1n) is 11.2. The molecule has 3 aromatic heterocycles. The van der Waals surface area contributed by atoms with Crippen LogP contribution >= 0.6 is 0 Å². The average molecular weight is 659 g/mol. The Hall–Kier alpha value is -3.12. The number of nitrogens with zero attached hydrogens (tertiary/aromatic N) is 3. The number of hydrogen-bond donors (Lipinski definition) is 1. The van der Waals surface area contributed by atoms with Gasteiger partial charge in [-0.15, -0.1) is 5.39 Å².